The van der Waals surface area contributed by atoms with Crippen LogP contribution in [0.15, 0.2) is 21.9 Å². The average Bonchev–Trinajstić information content (AvgIpc) is 2.32. The number of thiol groups is 1. The Kier molecular flexibility index (Phi) is 5.77. The summed E-state index contributed by atoms with van der Waals surface area (Å²) in [6.45, 7) is 1.79. The number of nitrogens with zero attached hydrogens (tertiary/aromatic N) is 1. The van der Waals surface area contributed by atoms with Crippen LogP contribution in [0.5, 0.6) is 0 Å². The molecular weight excluding hydrogens is 311 g/mol. The molecule has 1 aromatic carbocycles. The number of rotatable bonds is 4. The first-order chi connectivity index (χ1) is 9.26. The third kappa shape index (κ3) is 4.98. The van der Waals surface area contributed by atoms with Crippen LogP contribution in [0.3, 0.4) is 0 Å². The lowest BCUT2D eigenvalue weighted by molar-refractivity contribution is -0.142. The van der Waals surface area contributed by atoms with Crippen LogP contribution in [0.2, 0.25) is 0 Å². The van der Waals surface area contributed by atoms with E-state index in [1.54, 1.807) is 13.0 Å². The average molecular weight is 321 g/mol. The Balaban J connectivity index is 3.15. The molecule has 3 nitrogen and oxygen atoms in total. The smallest absolute Gasteiger partial charge is 0.446 e. The topological polar surface area (TPSA) is 50.1 Å². The highest BCUT2D eigenvalue weighted by atomic mass is 32.2. The second-order valence-electron chi connectivity index (χ2n) is 3.62. The minimum atomic E-state index is -4.49. The second kappa shape index (κ2) is 6.90. The number of carbonyl (C=O) groups is 1. The van der Waals surface area contributed by atoms with Gasteiger partial charge >= 0.3 is 11.5 Å². The molecule has 0 heterocycles. The molecule has 0 fully saturated rings. The van der Waals surface area contributed by atoms with Crippen LogP contribution in [0.4, 0.5) is 13.2 Å². The van der Waals surface area contributed by atoms with Gasteiger partial charge in [0.2, 0.25) is 0 Å². The normalized spacial score (nSPS) is 11.0. The summed E-state index contributed by atoms with van der Waals surface area (Å²) >= 11 is 3.65. The Hall–Kier alpha value is -1.33. The van der Waals surface area contributed by atoms with E-state index in [0.29, 0.717) is 0 Å². The standard InChI is InChI=1S/C12H10F3NO2S2/c1-2-18-10(17)5-8-3-7(6-16)4-9(11(8)19)20-12(13,14)15/h3-4,19H,2,5H2,1H3. The first-order valence-corrected chi connectivity index (χ1v) is 6.70. The Morgan fingerprint density at radius 1 is 1.50 bits per heavy atom. The van der Waals surface area contributed by atoms with Crippen LogP contribution in [0, 0.1) is 11.3 Å². The van der Waals surface area contributed by atoms with E-state index in [9.17, 15) is 18.0 Å². The quantitative estimate of drug-likeness (QED) is 0.523. The summed E-state index contributed by atoms with van der Waals surface area (Å²) in [5.41, 5.74) is -4.22. The number of hydrogen-bond donors (Lipinski definition) is 1. The molecule has 0 aromatic heterocycles. The third-order valence-corrected chi connectivity index (χ3v) is 3.60. The van der Waals surface area contributed by atoms with E-state index in [-0.39, 0.29) is 45.7 Å². The molecule has 108 valence electrons. The molecule has 0 spiro atoms. The summed E-state index contributed by atoms with van der Waals surface area (Å²) in [6, 6.07) is 4.18. The number of benzene rings is 1. The van der Waals surface area contributed by atoms with Crippen LogP contribution in [0.25, 0.3) is 0 Å². The zero-order valence-electron chi connectivity index (χ0n) is 10.3. The maximum Gasteiger partial charge on any atom is 0.446 e. The molecular formula is C12H10F3NO2S2. The molecule has 1 aromatic rings. The van der Waals surface area contributed by atoms with Crippen molar-refractivity contribution >= 4 is 30.4 Å². The molecule has 0 bridgehead atoms. The SMILES string of the molecule is CCOC(=O)Cc1cc(C#N)cc(SC(F)(F)F)c1S. The summed E-state index contributed by atoms with van der Waals surface area (Å²) in [6.07, 6.45) is -0.229. The molecule has 0 N–H and O–H groups in total. The second-order valence-corrected chi connectivity index (χ2v) is 5.18. The van der Waals surface area contributed by atoms with E-state index in [1.807, 2.05) is 0 Å². The summed E-state index contributed by atoms with van der Waals surface area (Å²) in [5, 5.41) is 8.83. The van der Waals surface area contributed by atoms with Gasteiger partial charge in [-0.1, -0.05) is 0 Å². The molecule has 0 saturated carbocycles. The van der Waals surface area contributed by atoms with Gasteiger partial charge in [0, 0.05) is 9.79 Å². The molecule has 0 aliphatic rings. The maximum absolute atomic E-state index is 12.4. The van der Waals surface area contributed by atoms with Crippen molar-refractivity contribution in [1.82, 2.24) is 0 Å². The fourth-order valence-corrected chi connectivity index (χ4v) is 2.44. The zero-order chi connectivity index (χ0) is 15.3. The number of thioether (sulfide) groups is 1. The van der Waals surface area contributed by atoms with Crippen molar-refractivity contribution in [3.63, 3.8) is 0 Å². The van der Waals surface area contributed by atoms with Gasteiger partial charge in [-0.25, -0.2) is 0 Å². The van der Waals surface area contributed by atoms with E-state index in [4.69, 9.17) is 10.00 Å². The number of halogens is 3. The highest BCUT2D eigenvalue weighted by Crippen LogP contribution is 2.41. The summed E-state index contributed by atoms with van der Waals surface area (Å²) in [5.74, 6) is -0.583. The maximum atomic E-state index is 12.4. The molecule has 0 atom stereocenters. The van der Waals surface area contributed by atoms with E-state index in [0.717, 1.165) is 6.07 Å². The van der Waals surface area contributed by atoms with Crippen LogP contribution in [-0.2, 0) is 16.0 Å². The van der Waals surface area contributed by atoms with Gasteiger partial charge in [0.05, 0.1) is 24.7 Å². The molecule has 0 unspecified atom stereocenters. The summed E-state index contributed by atoms with van der Waals surface area (Å²) in [4.78, 5) is 11.2. The van der Waals surface area contributed by atoms with Gasteiger partial charge in [0.15, 0.2) is 0 Å². The van der Waals surface area contributed by atoms with Crippen molar-refractivity contribution in [2.24, 2.45) is 0 Å². The largest absolute Gasteiger partial charge is 0.466 e. The number of carbonyl (C=O) groups excluding carboxylic acids is 1. The van der Waals surface area contributed by atoms with E-state index in [1.165, 1.54) is 6.07 Å². The molecule has 1 rings (SSSR count). The lowest BCUT2D eigenvalue weighted by Crippen LogP contribution is -2.09. The van der Waals surface area contributed by atoms with Crippen LogP contribution >= 0.6 is 24.4 Å². The van der Waals surface area contributed by atoms with Crippen molar-refractivity contribution in [3.8, 4) is 6.07 Å². The van der Waals surface area contributed by atoms with Crippen LogP contribution < -0.4 is 0 Å². The van der Waals surface area contributed by atoms with Crippen molar-refractivity contribution in [1.29, 1.82) is 5.26 Å². The molecule has 0 radical (unpaired) electrons. The fraction of sp³-hybridized carbons (Fsp3) is 0.333. The van der Waals surface area contributed by atoms with Gasteiger partial charge in [0.25, 0.3) is 0 Å². The van der Waals surface area contributed by atoms with Crippen LogP contribution in [0.1, 0.15) is 18.1 Å². The van der Waals surface area contributed by atoms with E-state index in [2.05, 4.69) is 12.6 Å². The van der Waals surface area contributed by atoms with Gasteiger partial charge in [-0.3, -0.25) is 4.79 Å². The summed E-state index contributed by atoms with van der Waals surface area (Å²) < 4.78 is 42.0. The number of nitriles is 1. The number of ether oxygens (including phenoxy) is 1. The van der Waals surface area contributed by atoms with Crippen molar-refractivity contribution < 1.29 is 22.7 Å². The first-order valence-electron chi connectivity index (χ1n) is 5.44. The highest BCUT2D eigenvalue weighted by Gasteiger charge is 2.31. The predicted octanol–water partition coefficient (Wildman–Crippen LogP) is 3.56. The Bertz CT molecular complexity index is 553. The fourth-order valence-electron chi connectivity index (χ4n) is 1.43. The lowest BCUT2D eigenvalue weighted by atomic mass is 10.1. The van der Waals surface area contributed by atoms with E-state index >= 15 is 0 Å². The monoisotopic (exact) mass is 321 g/mol. The molecule has 8 heteroatoms. The Morgan fingerprint density at radius 2 is 2.15 bits per heavy atom. The molecule has 0 saturated heterocycles. The van der Waals surface area contributed by atoms with E-state index < -0.39 is 11.5 Å². The predicted molar refractivity (Wildman–Crippen MR) is 70.7 cm³/mol. The van der Waals surface area contributed by atoms with Gasteiger partial charge in [-0.05, 0) is 36.4 Å². The number of esters is 1. The molecule has 20 heavy (non-hydrogen) atoms. The van der Waals surface area contributed by atoms with Crippen LogP contribution in [-0.4, -0.2) is 18.1 Å². The van der Waals surface area contributed by atoms with Crippen molar-refractivity contribution in [3.05, 3.63) is 23.3 Å². The van der Waals surface area contributed by atoms with Gasteiger partial charge < -0.3 is 4.74 Å². The van der Waals surface area contributed by atoms with Gasteiger partial charge in [-0.15, -0.1) is 12.6 Å². The number of hydrogen-bond acceptors (Lipinski definition) is 5. The minimum absolute atomic E-state index is 0.0272. The lowest BCUT2D eigenvalue weighted by Gasteiger charge is -2.12. The summed E-state index contributed by atoms with van der Waals surface area (Å²) in [7, 11) is 0. The molecule has 0 aliphatic heterocycles. The van der Waals surface area contributed by atoms with Crippen molar-refractivity contribution in [2.45, 2.75) is 28.6 Å². The Morgan fingerprint density at radius 3 is 2.65 bits per heavy atom. The van der Waals surface area contributed by atoms with Crippen molar-refractivity contribution in [2.75, 3.05) is 6.61 Å². The number of alkyl halides is 3. The zero-order valence-corrected chi connectivity index (χ0v) is 12.0. The molecule has 0 amide bonds. The third-order valence-electron chi connectivity index (χ3n) is 2.15. The van der Waals surface area contributed by atoms with Gasteiger partial charge in [0.1, 0.15) is 0 Å². The molecule has 0 aliphatic carbocycles. The minimum Gasteiger partial charge on any atom is -0.466 e. The highest BCUT2D eigenvalue weighted by molar-refractivity contribution is 8.00. The Labute approximate surface area is 123 Å². The first kappa shape index (κ1) is 16.7. The van der Waals surface area contributed by atoms with Gasteiger partial charge in [-0.2, -0.15) is 18.4 Å².